The SMILES string of the molecule is COc1ccc(CN[C@@H](C)c2ccc(F)cc2F)c(OC)c1OC. The molecule has 1 N–H and O–H groups in total. The van der Waals surface area contributed by atoms with Crippen molar-refractivity contribution in [2.75, 3.05) is 21.3 Å². The molecular weight excluding hydrogens is 316 g/mol. The van der Waals surface area contributed by atoms with Crippen molar-refractivity contribution in [3.8, 4) is 17.2 Å². The molecule has 2 aromatic rings. The molecular formula is C18H21F2NO3. The summed E-state index contributed by atoms with van der Waals surface area (Å²) in [6, 6.07) is 6.89. The lowest BCUT2D eigenvalue weighted by molar-refractivity contribution is 0.321. The van der Waals surface area contributed by atoms with Gasteiger partial charge in [-0.15, -0.1) is 0 Å². The zero-order valence-electron chi connectivity index (χ0n) is 14.2. The Bertz CT molecular complexity index is 707. The molecule has 0 saturated heterocycles. The second-order valence-corrected chi connectivity index (χ2v) is 5.26. The molecule has 2 rings (SSSR count). The lowest BCUT2D eigenvalue weighted by atomic mass is 10.1. The standard InChI is InChI=1S/C18H21F2NO3/c1-11(14-7-6-13(19)9-15(14)20)21-10-12-5-8-16(22-2)18(24-4)17(12)23-3/h5-9,11,21H,10H2,1-4H3/t11-/m0/s1. The average Bonchev–Trinajstić information content (AvgIpc) is 2.58. The van der Waals surface area contributed by atoms with Gasteiger partial charge in [-0.05, 0) is 19.1 Å². The van der Waals surface area contributed by atoms with Crippen LogP contribution in [0.1, 0.15) is 24.1 Å². The maximum absolute atomic E-state index is 13.8. The first-order valence-electron chi connectivity index (χ1n) is 7.48. The third-order valence-corrected chi connectivity index (χ3v) is 3.81. The van der Waals surface area contributed by atoms with Gasteiger partial charge in [-0.2, -0.15) is 0 Å². The largest absolute Gasteiger partial charge is 0.493 e. The molecule has 0 aliphatic heterocycles. The summed E-state index contributed by atoms with van der Waals surface area (Å²) in [6.45, 7) is 2.23. The maximum atomic E-state index is 13.8. The van der Waals surface area contributed by atoms with Crippen LogP contribution in [-0.4, -0.2) is 21.3 Å². The molecule has 0 aliphatic carbocycles. The Balaban J connectivity index is 2.19. The van der Waals surface area contributed by atoms with Crippen LogP contribution >= 0.6 is 0 Å². The summed E-state index contributed by atoms with van der Waals surface area (Å²) in [5, 5.41) is 3.20. The molecule has 0 amide bonds. The van der Waals surface area contributed by atoms with E-state index in [9.17, 15) is 8.78 Å². The van der Waals surface area contributed by atoms with E-state index in [1.807, 2.05) is 13.0 Å². The van der Waals surface area contributed by atoms with Gasteiger partial charge >= 0.3 is 0 Å². The van der Waals surface area contributed by atoms with Crippen molar-refractivity contribution in [3.05, 3.63) is 53.1 Å². The van der Waals surface area contributed by atoms with Crippen molar-refractivity contribution in [1.82, 2.24) is 5.32 Å². The van der Waals surface area contributed by atoms with Crippen molar-refractivity contribution < 1.29 is 23.0 Å². The number of benzene rings is 2. The van der Waals surface area contributed by atoms with Gasteiger partial charge in [0.25, 0.3) is 0 Å². The predicted octanol–water partition coefficient (Wildman–Crippen LogP) is 3.84. The van der Waals surface area contributed by atoms with Gasteiger partial charge in [0.1, 0.15) is 11.6 Å². The number of halogens is 2. The fourth-order valence-corrected chi connectivity index (χ4v) is 2.53. The topological polar surface area (TPSA) is 39.7 Å². The molecule has 0 bridgehead atoms. The molecule has 0 saturated carbocycles. The Labute approximate surface area is 140 Å². The van der Waals surface area contributed by atoms with E-state index in [-0.39, 0.29) is 6.04 Å². The van der Waals surface area contributed by atoms with Crippen molar-refractivity contribution in [3.63, 3.8) is 0 Å². The van der Waals surface area contributed by atoms with Gasteiger partial charge in [-0.25, -0.2) is 8.78 Å². The number of nitrogens with one attached hydrogen (secondary N) is 1. The molecule has 130 valence electrons. The van der Waals surface area contributed by atoms with E-state index >= 15 is 0 Å². The van der Waals surface area contributed by atoms with Crippen LogP contribution in [0.2, 0.25) is 0 Å². The highest BCUT2D eigenvalue weighted by Crippen LogP contribution is 2.39. The minimum Gasteiger partial charge on any atom is -0.493 e. The van der Waals surface area contributed by atoms with E-state index in [1.165, 1.54) is 19.2 Å². The first-order valence-corrected chi connectivity index (χ1v) is 7.48. The van der Waals surface area contributed by atoms with E-state index in [2.05, 4.69) is 5.32 Å². The number of hydrogen-bond donors (Lipinski definition) is 1. The maximum Gasteiger partial charge on any atom is 0.203 e. The molecule has 1 atom stereocenters. The molecule has 0 fully saturated rings. The Morgan fingerprint density at radius 3 is 2.25 bits per heavy atom. The van der Waals surface area contributed by atoms with Crippen LogP contribution in [0.15, 0.2) is 30.3 Å². The molecule has 4 nitrogen and oxygen atoms in total. The van der Waals surface area contributed by atoms with Crippen LogP contribution < -0.4 is 19.5 Å². The normalized spacial score (nSPS) is 11.9. The van der Waals surface area contributed by atoms with Gasteiger partial charge in [-0.3, -0.25) is 0 Å². The molecule has 24 heavy (non-hydrogen) atoms. The minimum atomic E-state index is -0.593. The summed E-state index contributed by atoms with van der Waals surface area (Å²) >= 11 is 0. The first kappa shape index (κ1) is 18.0. The smallest absolute Gasteiger partial charge is 0.203 e. The summed E-state index contributed by atoms with van der Waals surface area (Å²) < 4.78 is 42.9. The number of rotatable bonds is 7. The van der Waals surface area contributed by atoms with Gasteiger partial charge in [0.2, 0.25) is 5.75 Å². The lowest BCUT2D eigenvalue weighted by Gasteiger charge is -2.19. The minimum absolute atomic E-state index is 0.302. The lowest BCUT2D eigenvalue weighted by Crippen LogP contribution is -2.19. The highest BCUT2D eigenvalue weighted by molar-refractivity contribution is 5.55. The van der Waals surface area contributed by atoms with Gasteiger partial charge in [0.15, 0.2) is 11.5 Å². The summed E-state index contributed by atoms with van der Waals surface area (Å²) in [5.41, 5.74) is 1.24. The van der Waals surface area contributed by atoms with Gasteiger partial charge in [0.05, 0.1) is 21.3 Å². The van der Waals surface area contributed by atoms with E-state index in [0.717, 1.165) is 11.6 Å². The Hall–Kier alpha value is -2.34. The van der Waals surface area contributed by atoms with Crippen LogP contribution in [-0.2, 0) is 6.54 Å². The Morgan fingerprint density at radius 1 is 0.958 bits per heavy atom. The van der Waals surface area contributed by atoms with Crippen molar-refractivity contribution in [2.24, 2.45) is 0 Å². The molecule has 0 unspecified atom stereocenters. The zero-order chi connectivity index (χ0) is 17.7. The first-order chi connectivity index (χ1) is 11.5. The van der Waals surface area contributed by atoms with E-state index in [1.54, 1.807) is 20.3 Å². The molecule has 0 aromatic heterocycles. The monoisotopic (exact) mass is 337 g/mol. The molecule has 0 spiro atoms. The Morgan fingerprint density at radius 2 is 1.67 bits per heavy atom. The van der Waals surface area contributed by atoms with E-state index in [0.29, 0.717) is 29.4 Å². The van der Waals surface area contributed by atoms with E-state index in [4.69, 9.17) is 14.2 Å². The predicted molar refractivity (Wildman–Crippen MR) is 87.7 cm³/mol. The summed E-state index contributed by atoms with van der Waals surface area (Å²) in [5.74, 6) is 0.450. The van der Waals surface area contributed by atoms with Crippen molar-refractivity contribution >= 4 is 0 Å². The van der Waals surface area contributed by atoms with Gasteiger partial charge in [-0.1, -0.05) is 12.1 Å². The highest BCUT2D eigenvalue weighted by Gasteiger charge is 2.17. The van der Waals surface area contributed by atoms with Gasteiger partial charge in [0, 0.05) is 29.8 Å². The second kappa shape index (κ2) is 7.97. The Kier molecular flexibility index (Phi) is 5.98. The molecule has 6 heteroatoms. The average molecular weight is 337 g/mol. The van der Waals surface area contributed by atoms with E-state index < -0.39 is 11.6 Å². The summed E-state index contributed by atoms with van der Waals surface area (Å²) in [4.78, 5) is 0. The molecule has 0 aliphatic rings. The third-order valence-electron chi connectivity index (χ3n) is 3.81. The number of methoxy groups -OCH3 is 3. The van der Waals surface area contributed by atoms with Crippen LogP contribution in [0.25, 0.3) is 0 Å². The molecule has 0 radical (unpaired) electrons. The van der Waals surface area contributed by atoms with Gasteiger partial charge < -0.3 is 19.5 Å². The number of ether oxygens (including phenoxy) is 3. The quantitative estimate of drug-likeness (QED) is 0.833. The highest BCUT2D eigenvalue weighted by atomic mass is 19.1. The van der Waals surface area contributed by atoms with Crippen LogP contribution in [0.4, 0.5) is 8.78 Å². The van der Waals surface area contributed by atoms with Crippen LogP contribution in [0, 0.1) is 11.6 Å². The zero-order valence-corrected chi connectivity index (χ0v) is 14.2. The van der Waals surface area contributed by atoms with Crippen LogP contribution in [0.5, 0.6) is 17.2 Å². The second-order valence-electron chi connectivity index (χ2n) is 5.26. The number of hydrogen-bond acceptors (Lipinski definition) is 4. The van der Waals surface area contributed by atoms with Crippen LogP contribution in [0.3, 0.4) is 0 Å². The third kappa shape index (κ3) is 3.76. The molecule has 2 aromatic carbocycles. The fraction of sp³-hybridized carbons (Fsp3) is 0.333. The summed E-state index contributed by atoms with van der Waals surface area (Å²) in [7, 11) is 4.63. The van der Waals surface area contributed by atoms with Crippen molar-refractivity contribution in [1.29, 1.82) is 0 Å². The summed E-state index contributed by atoms with van der Waals surface area (Å²) in [6.07, 6.45) is 0. The fourth-order valence-electron chi connectivity index (χ4n) is 2.53. The molecule has 0 heterocycles. The van der Waals surface area contributed by atoms with Crippen molar-refractivity contribution in [2.45, 2.75) is 19.5 Å².